The smallest absolute Gasteiger partial charge is 0.135 e. The normalized spacial score (nSPS) is 14.7. The topological polar surface area (TPSA) is 55.0 Å². The molecular formula is C13H20N4S. The van der Waals surface area contributed by atoms with Crippen LogP contribution in [0.3, 0.4) is 0 Å². The third-order valence-electron chi connectivity index (χ3n) is 3.41. The number of anilines is 1. The summed E-state index contributed by atoms with van der Waals surface area (Å²) < 4.78 is 0. The molecule has 0 fully saturated rings. The number of hydrogen-bond acceptors (Lipinski definition) is 4. The van der Waals surface area contributed by atoms with Gasteiger partial charge in [0.2, 0.25) is 0 Å². The summed E-state index contributed by atoms with van der Waals surface area (Å²) in [6.07, 6.45) is 8.32. The molecule has 0 aromatic carbocycles. The number of aromatic nitrogens is 2. The number of hydrogen-bond donors (Lipinski definition) is 1. The number of aryl methyl sites for hydroxylation is 1. The van der Waals surface area contributed by atoms with Crippen molar-refractivity contribution in [3.05, 3.63) is 17.6 Å². The maximum Gasteiger partial charge on any atom is 0.135 e. The van der Waals surface area contributed by atoms with Crippen molar-refractivity contribution in [2.75, 3.05) is 18.5 Å². The summed E-state index contributed by atoms with van der Waals surface area (Å²) in [5.41, 5.74) is 8.10. The molecule has 0 bridgehead atoms. The lowest BCUT2D eigenvalue weighted by Gasteiger charge is -2.21. The van der Waals surface area contributed by atoms with E-state index in [4.69, 9.17) is 18.0 Å². The summed E-state index contributed by atoms with van der Waals surface area (Å²) in [6.45, 7) is 0.818. The van der Waals surface area contributed by atoms with Crippen molar-refractivity contribution in [3.8, 4) is 0 Å². The van der Waals surface area contributed by atoms with Gasteiger partial charge in [-0.05, 0) is 25.7 Å². The highest BCUT2D eigenvalue weighted by Gasteiger charge is 2.16. The first-order valence-electron chi connectivity index (χ1n) is 6.50. The molecule has 1 aromatic rings. The van der Waals surface area contributed by atoms with Crippen molar-refractivity contribution in [2.24, 2.45) is 5.73 Å². The number of rotatable bonds is 4. The molecule has 1 aromatic heterocycles. The quantitative estimate of drug-likeness (QED) is 0.664. The highest BCUT2D eigenvalue weighted by molar-refractivity contribution is 7.80. The molecule has 1 heterocycles. The van der Waals surface area contributed by atoms with E-state index in [0.717, 1.165) is 31.6 Å². The first-order valence-corrected chi connectivity index (χ1v) is 6.91. The van der Waals surface area contributed by atoms with Crippen molar-refractivity contribution in [1.29, 1.82) is 0 Å². The monoisotopic (exact) mass is 264 g/mol. The standard InChI is InChI=1S/C13H20N4S/c1-17(8-7-12(14)18)13-10-5-3-2-4-6-11(10)15-9-16-13/h9H,2-8H2,1H3,(H2,14,18). The minimum absolute atomic E-state index is 0.557. The van der Waals surface area contributed by atoms with Crippen LogP contribution in [0.15, 0.2) is 6.33 Å². The summed E-state index contributed by atoms with van der Waals surface area (Å²) in [7, 11) is 2.05. The van der Waals surface area contributed by atoms with Gasteiger partial charge in [-0.3, -0.25) is 0 Å². The van der Waals surface area contributed by atoms with Crippen molar-refractivity contribution >= 4 is 23.0 Å². The van der Waals surface area contributed by atoms with Gasteiger partial charge in [-0.15, -0.1) is 0 Å². The number of nitrogens with two attached hydrogens (primary N) is 1. The van der Waals surface area contributed by atoms with Crippen LogP contribution in [-0.4, -0.2) is 28.5 Å². The van der Waals surface area contributed by atoms with Gasteiger partial charge < -0.3 is 10.6 Å². The maximum atomic E-state index is 5.55. The van der Waals surface area contributed by atoms with Gasteiger partial charge in [-0.2, -0.15) is 0 Å². The molecule has 5 heteroatoms. The minimum Gasteiger partial charge on any atom is -0.393 e. The van der Waals surface area contributed by atoms with E-state index < -0.39 is 0 Å². The van der Waals surface area contributed by atoms with Crippen LogP contribution in [-0.2, 0) is 12.8 Å². The maximum absolute atomic E-state index is 5.55. The lowest BCUT2D eigenvalue weighted by atomic mass is 10.1. The van der Waals surface area contributed by atoms with Crippen LogP contribution in [0.4, 0.5) is 5.82 Å². The predicted octanol–water partition coefficient (Wildman–Crippen LogP) is 1.86. The fourth-order valence-corrected chi connectivity index (χ4v) is 2.48. The van der Waals surface area contributed by atoms with Gasteiger partial charge in [-0.25, -0.2) is 9.97 Å². The third-order valence-corrected chi connectivity index (χ3v) is 3.61. The molecule has 2 rings (SSSR count). The van der Waals surface area contributed by atoms with Crippen molar-refractivity contribution in [3.63, 3.8) is 0 Å². The second-order valence-corrected chi connectivity index (χ2v) is 5.35. The number of thiocarbonyl (C=S) groups is 1. The van der Waals surface area contributed by atoms with E-state index in [1.165, 1.54) is 30.5 Å². The second kappa shape index (κ2) is 6.09. The Labute approximate surface area is 114 Å². The molecule has 0 amide bonds. The SMILES string of the molecule is CN(CCC(N)=S)c1ncnc2c1CCCCC2. The van der Waals surface area contributed by atoms with Crippen LogP contribution < -0.4 is 10.6 Å². The van der Waals surface area contributed by atoms with Crippen molar-refractivity contribution in [2.45, 2.75) is 38.5 Å². The zero-order valence-electron chi connectivity index (χ0n) is 10.9. The molecule has 18 heavy (non-hydrogen) atoms. The highest BCUT2D eigenvalue weighted by atomic mass is 32.1. The summed E-state index contributed by atoms with van der Waals surface area (Å²) in [4.78, 5) is 11.6. The molecule has 2 N–H and O–H groups in total. The average molecular weight is 264 g/mol. The lowest BCUT2D eigenvalue weighted by molar-refractivity contribution is 0.708. The van der Waals surface area contributed by atoms with E-state index in [1.807, 2.05) is 7.05 Å². The Balaban J connectivity index is 2.19. The molecule has 4 nitrogen and oxygen atoms in total. The molecule has 0 saturated heterocycles. The van der Waals surface area contributed by atoms with E-state index in [9.17, 15) is 0 Å². The molecule has 0 unspecified atom stereocenters. The zero-order chi connectivity index (χ0) is 13.0. The van der Waals surface area contributed by atoms with Crippen molar-refractivity contribution in [1.82, 2.24) is 9.97 Å². The first-order chi connectivity index (χ1) is 8.68. The number of nitrogens with zero attached hydrogens (tertiary/aromatic N) is 3. The first kappa shape index (κ1) is 13.2. The van der Waals surface area contributed by atoms with Crippen LogP contribution in [0.1, 0.15) is 36.9 Å². The fourth-order valence-electron chi connectivity index (χ4n) is 2.39. The minimum atomic E-state index is 0.557. The van der Waals surface area contributed by atoms with E-state index in [-0.39, 0.29) is 0 Å². The Bertz CT molecular complexity index is 433. The van der Waals surface area contributed by atoms with E-state index in [2.05, 4.69) is 14.9 Å². The van der Waals surface area contributed by atoms with Crippen LogP contribution in [0, 0.1) is 0 Å². The Morgan fingerprint density at radius 1 is 1.33 bits per heavy atom. The average Bonchev–Trinajstić information content (AvgIpc) is 2.60. The number of fused-ring (bicyclic) bond motifs is 1. The van der Waals surface area contributed by atoms with Crippen molar-refractivity contribution < 1.29 is 0 Å². The molecule has 0 saturated carbocycles. The second-order valence-electron chi connectivity index (χ2n) is 4.82. The van der Waals surface area contributed by atoms with E-state index >= 15 is 0 Å². The summed E-state index contributed by atoms with van der Waals surface area (Å²) >= 11 is 4.92. The van der Waals surface area contributed by atoms with Gasteiger partial charge in [0, 0.05) is 31.3 Å². The molecule has 0 aliphatic heterocycles. The molecule has 0 spiro atoms. The van der Waals surface area contributed by atoms with E-state index in [0.29, 0.717) is 4.99 Å². The fraction of sp³-hybridized carbons (Fsp3) is 0.615. The molecular weight excluding hydrogens is 244 g/mol. The Morgan fingerprint density at radius 2 is 2.11 bits per heavy atom. The molecule has 1 aliphatic rings. The van der Waals surface area contributed by atoms with Gasteiger partial charge in [-0.1, -0.05) is 18.6 Å². The van der Waals surface area contributed by atoms with Crippen LogP contribution in [0.5, 0.6) is 0 Å². The van der Waals surface area contributed by atoms with Crippen LogP contribution in [0.25, 0.3) is 0 Å². The van der Waals surface area contributed by atoms with Crippen LogP contribution >= 0.6 is 12.2 Å². The van der Waals surface area contributed by atoms with E-state index in [1.54, 1.807) is 6.33 Å². The summed E-state index contributed by atoms with van der Waals surface area (Å²) in [5.74, 6) is 1.05. The highest BCUT2D eigenvalue weighted by Crippen LogP contribution is 2.25. The Morgan fingerprint density at radius 3 is 2.89 bits per heavy atom. The van der Waals surface area contributed by atoms with Gasteiger partial charge in [0.1, 0.15) is 12.1 Å². The van der Waals surface area contributed by atoms with Gasteiger partial charge in [0.15, 0.2) is 0 Å². The van der Waals surface area contributed by atoms with Gasteiger partial charge >= 0.3 is 0 Å². The van der Waals surface area contributed by atoms with Crippen LogP contribution in [0.2, 0.25) is 0 Å². The Hall–Kier alpha value is -1.23. The largest absolute Gasteiger partial charge is 0.393 e. The zero-order valence-corrected chi connectivity index (χ0v) is 11.7. The summed E-state index contributed by atoms with van der Waals surface area (Å²) in [6, 6.07) is 0. The predicted molar refractivity (Wildman–Crippen MR) is 78.0 cm³/mol. The molecule has 0 radical (unpaired) electrons. The van der Waals surface area contributed by atoms with Gasteiger partial charge in [0.05, 0.1) is 4.99 Å². The summed E-state index contributed by atoms with van der Waals surface area (Å²) in [5, 5.41) is 0. The molecule has 0 atom stereocenters. The molecule has 98 valence electrons. The molecule has 1 aliphatic carbocycles. The van der Waals surface area contributed by atoms with Gasteiger partial charge in [0.25, 0.3) is 0 Å². The Kier molecular flexibility index (Phi) is 4.47. The third kappa shape index (κ3) is 3.16. The lowest BCUT2D eigenvalue weighted by Crippen LogP contribution is -2.25.